The highest BCUT2D eigenvalue weighted by Crippen LogP contribution is 2.37. The van der Waals surface area contributed by atoms with Gasteiger partial charge in [-0.15, -0.1) is 0 Å². The highest BCUT2D eigenvalue weighted by molar-refractivity contribution is 9.10. The summed E-state index contributed by atoms with van der Waals surface area (Å²) >= 11 is 3.47. The lowest BCUT2D eigenvalue weighted by molar-refractivity contribution is 1.39. The Labute approximate surface area is 149 Å². The molecule has 0 aliphatic rings. The molecule has 0 atom stereocenters. The number of hydrogen-bond donors (Lipinski definition) is 2. The first-order valence-electron chi connectivity index (χ1n) is 7.82. The van der Waals surface area contributed by atoms with E-state index in [1.165, 1.54) is 0 Å². The van der Waals surface area contributed by atoms with Crippen LogP contribution in [0.15, 0.2) is 68.9 Å². The van der Waals surface area contributed by atoms with Gasteiger partial charge in [-0.3, -0.25) is 9.59 Å². The molecule has 2 aromatic heterocycles. The molecule has 25 heavy (non-hydrogen) atoms. The summed E-state index contributed by atoms with van der Waals surface area (Å²) in [4.78, 5) is 31.1. The first-order valence-corrected chi connectivity index (χ1v) is 8.61. The Balaban J connectivity index is 1.82. The van der Waals surface area contributed by atoms with Crippen LogP contribution in [0.1, 0.15) is 0 Å². The zero-order valence-corrected chi connectivity index (χ0v) is 14.5. The van der Waals surface area contributed by atoms with Crippen LogP contribution in [-0.4, -0.2) is 9.97 Å². The fourth-order valence-electron chi connectivity index (χ4n) is 3.48. The zero-order valence-electron chi connectivity index (χ0n) is 12.9. The van der Waals surface area contributed by atoms with Crippen LogP contribution in [0.3, 0.4) is 0 Å². The number of benzene rings is 2. The van der Waals surface area contributed by atoms with Gasteiger partial charge in [0, 0.05) is 60.9 Å². The van der Waals surface area contributed by atoms with Gasteiger partial charge in [-0.1, -0.05) is 34.1 Å². The molecule has 0 fully saturated rings. The number of halogens is 1. The van der Waals surface area contributed by atoms with Gasteiger partial charge in [-0.05, 0) is 24.3 Å². The third kappa shape index (κ3) is 1.93. The maximum atomic E-state index is 12.4. The van der Waals surface area contributed by atoms with E-state index in [1.807, 2.05) is 42.5 Å². The highest BCUT2D eigenvalue weighted by atomic mass is 79.9. The van der Waals surface area contributed by atoms with Crippen molar-refractivity contribution in [3.8, 4) is 22.3 Å². The van der Waals surface area contributed by atoms with Crippen LogP contribution < -0.4 is 10.9 Å². The number of fused-ring (bicyclic) bond motifs is 2. The van der Waals surface area contributed by atoms with Crippen LogP contribution in [0.5, 0.6) is 0 Å². The summed E-state index contributed by atoms with van der Waals surface area (Å²) in [5.74, 6) is 0. The van der Waals surface area contributed by atoms with Gasteiger partial charge in [-0.2, -0.15) is 0 Å². The molecule has 5 aromatic rings. The second-order valence-corrected chi connectivity index (χ2v) is 6.96. The molecule has 2 heterocycles. The number of H-pyrrole nitrogens is 2. The van der Waals surface area contributed by atoms with Crippen molar-refractivity contribution in [2.75, 3.05) is 0 Å². The van der Waals surface area contributed by atoms with E-state index in [2.05, 4.69) is 25.9 Å². The molecule has 3 aromatic carbocycles. The fraction of sp³-hybridized carbons (Fsp3) is 0. The average Bonchev–Trinajstić information content (AvgIpc) is 3.22. The number of nitrogens with one attached hydrogen (secondary N) is 2. The lowest BCUT2D eigenvalue weighted by Gasteiger charge is -2.10. The van der Waals surface area contributed by atoms with E-state index in [1.54, 1.807) is 12.4 Å². The third-order valence-corrected chi connectivity index (χ3v) is 5.18. The summed E-state index contributed by atoms with van der Waals surface area (Å²) in [6, 6.07) is 13.6. The molecule has 2 N–H and O–H groups in total. The van der Waals surface area contributed by atoms with Crippen molar-refractivity contribution < 1.29 is 0 Å². The van der Waals surface area contributed by atoms with Crippen LogP contribution in [0, 0.1) is 0 Å². The zero-order chi connectivity index (χ0) is 17.1. The third-order valence-electron chi connectivity index (χ3n) is 4.68. The molecule has 4 nitrogen and oxygen atoms in total. The van der Waals surface area contributed by atoms with Crippen molar-refractivity contribution in [2.45, 2.75) is 0 Å². The van der Waals surface area contributed by atoms with Crippen LogP contribution in [0.25, 0.3) is 44.1 Å². The summed E-state index contributed by atoms with van der Waals surface area (Å²) in [5.41, 5.74) is 3.53. The molecule has 0 unspecified atom stereocenters. The van der Waals surface area contributed by atoms with E-state index in [4.69, 9.17) is 0 Å². The Morgan fingerprint density at radius 2 is 1.32 bits per heavy atom. The summed E-state index contributed by atoms with van der Waals surface area (Å²) in [5, 5.41) is 1.86. The summed E-state index contributed by atoms with van der Waals surface area (Å²) in [6.45, 7) is 0. The van der Waals surface area contributed by atoms with Crippen molar-refractivity contribution in [2.24, 2.45) is 0 Å². The predicted molar refractivity (Wildman–Crippen MR) is 104 cm³/mol. The summed E-state index contributed by atoms with van der Waals surface area (Å²) in [7, 11) is 0. The standard InChI is InChI=1S/C20H11BrN2O2/c21-10-5-6-16-12(7-10)14(9-23-16)18-17(19(24)20(18)25)13-8-22-15-4-2-1-3-11(13)15/h1-9,22-23H. The largest absolute Gasteiger partial charge is 0.361 e. The van der Waals surface area contributed by atoms with Gasteiger partial charge >= 0.3 is 0 Å². The van der Waals surface area contributed by atoms with E-state index in [9.17, 15) is 9.59 Å². The van der Waals surface area contributed by atoms with Gasteiger partial charge < -0.3 is 9.97 Å². The van der Waals surface area contributed by atoms with E-state index in [0.29, 0.717) is 11.1 Å². The van der Waals surface area contributed by atoms with Gasteiger partial charge in [0.2, 0.25) is 10.9 Å². The SMILES string of the molecule is O=c1c(-c2c[nH]c3ccccc23)c(-c2c[nH]c3ccc(Br)cc23)c1=O. The second kappa shape index (κ2) is 5.04. The van der Waals surface area contributed by atoms with Crippen LogP contribution in [0.4, 0.5) is 0 Å². The van der Waals surface area contributed by atoms with Crippen LogP contribution in [-0.2, 0) is 0 Å². The molecule has 0 saturated heterocycles. The van der Waals surface area contributed by atoms with Gasteiger partial charge in [0.1, 0.15) is 0 Å². The molecule has 5 heteroatoms. The Bertz CT molecular complexity index is 1350. The van der Waals surface area contributed by atoms with Crippen molar-refractivity contribution in [3.05, 3.63) is 79.8 Å². The second-order valence-electron chi connectivity index (χ2n) is 6.05. The van der Waals surface area contributed by atoms with E-state index >= 15 is 0 Å². The van der Waals surface area contributed by atoms with E-state index in [0.717, 1.165) is 37.4 Å². The normalized spacial score (nSPS) is 11.7. The van der Waals surface area contributed by atoms with E-state index in [-0.39, 0.29) is 0 Å². The Hall–Kier alpha value is -2.92. The molecule has 5 rings (SSSR count). The lowest BCUT2D eigenvalue weighted by Crippen LogP contribution is -2.34. The first kappa shape index (κ1) is 14.4. The average molecular weight is 391 g/mol. The molecule has 0 aliphatic heterocycles. The molecule has 0 radical (unpaired) electrons. The maximum absolute atomic E-state index is 12.4. The van der Waals surface area contributed by atoms with Crippen molar-refractivity contribution in [1.29, 1.82) is 0 Å². The number of hydrogen-bond acceptors (Lipinski definition) is 2. The molecule has 120 valence electrons. The maximum Gasteiger partial charge on any atom is 0.235 e. The molecule has 0 saturated carbocycles. The van der Waals surface area contributed by atoms with Gasteiger partial charge in [0.25, 0.3) is 0 Å². The highest BCUT2D eigenvalue weighted by Gasteiger charge is 2.27. The Kier molecular flexibility index (Phi) is 2.91. The van der Waals surface area contributed by atoms with Crippen molar-refractivity contribution in [1.82, 2.24) is 9.97 Å². The van der Waals surface area contributed by atoms with Gasteiger partial charge in [0.15, 0.2) is 0 Å². The number of aromatic nitrogens is 2. The quantitative estimate of drug-likeness (QED) is 0.440. The lowest BCUT2D eigenvalue weighted by atomic mass is 9.89. The monoisotopic (exact) mass is 390 g/mol. The fourth-order valence-corrected chi connectivity index (χ4v) is 3.84. The minimum atomic E-state index is -0.429. The van der Waals surface area contributed by atoms with Crippen LogP contribution in [0.2, 0.25) is 0 Å². The summed E-state index contributed by atoms with van der Waals surface area (Å²) in [6.07, 6.45) is 3.60. The molecule has 0 aliphatic carbocycles. The molecule has 0 spiro atoms. The van der Waals surface area contributed by atoms with Gasteiger partial charge in [-0.25, -0.2) is 0 Å². The molecular formula is C20H11BrN2O2. The minimum absolute atomic E-state index is 0.427. The van der Waals surface area contributed by atoms with Crippen molar-refractivity contribution >= 4 is 37.7 Å². The van der Waals surface area contributed by atoms with Gasteiger partial charge in [0.05, 0.1) is 0 Å². The predicted octanol–water partition coefficient (Wildman–Crippen LogP) is 4.34. The smallest absolute Gasteiger partial charge is 0.235 e. The molecular weight excluding hydrogens is 380 g/mol. The Morgan fingerprint density at radius 3 is 2.04 bits per heavy atom. The van der Waals surface area contributed by atoms with Crippen molar-refractivity contribution in [3.63, 3.8) is 0 Å². The first-order chi connectivity index (χ1) is 12.1. The number of aromatic amines is 2. The van der Waals surface area contributed by atoms with E-state index < -0.39 is 10.9 Å². The topological polar surface area (TPSA) is 65.7 Å². The number of rotatable bonds is 2. The summed E-state index contributed by atoms with van der Waals surface area (Å²) < 4.78 is 0.924. The minimum Gasteiger partial charge on any atom is -0.361 e. The molecule has 0 bridgehead atoms. The van der Waals surface area contributed by atoms with Crippen LogP contribution >= 0.6 is 15.9 Å². The molecule has 0 amide bonds. The number of para-hydroxylation sites is 1. The Morgan fingerprint density at radius 1 is 0.720 bits per heavy atom.